The summed E-state index contributed by atoms with van der Waals surface area (Å²) in [7, 11) is 0. The molecule has 0 aliphatic heterocycles. The minimum atomic E-state index is -0.189. The summed E-state index contributed by atoms with van der Waals surface area (Å²) in [5.74, 6) is -0.0185. The van der Waals surface area contributed by atoms with Gasteiger partial charge < -0.3 is 15.9 Å². The lowest BCUT2D eigenvalue weighted by Crippen LogP contribution is -1.92. The molecule has 0 radical (unpaired) electrons. The quantitative estimate of drug-likeness (QED) is 0.604. The molecule has 15 heavy (non-hydrogen) atoms. The van der Waals surface area contributed by atoms with E-state index in [0.717, 1.165) is 0 Å². The third-order valence-corrected chi connectivity index (χ3v) is 1.94. The summed E-state index contributed by atoms with van der Waals surface area (Å²) in [6, 6.07) is 4.44. The fourth-order valence-corrected chi connectivity index (χ4v) is 1.17. The Morgan fingerprint density at radius 2 is 1.80 bits per heavy atom. The molecule has 0 fully saturated rings. The van der Waals surface area contributed by atoms with Crippen LogP contribution < -0.4 is 5.73 Å². The number of nitrogen functional groups attached to an aromatic ring is 1. The lowest BCUT2D eigenvalue weighted by atomic mass is 10.1. The van der Waals surface area contributed by atoms with Crippen molar-refractivity contribution in [1.29, 1.82) is 0 Å². The van der Waals surface area contributed by atoms with Gasteiger partial charge in [0, 0.05) is 5.56 Å². The van der Waals surface area contributed by atoms with Gasteiger partial charge in [0.05, 0.1) is 18.1 Å². The van der Waals surface area contributed by atoms with Crippen LogP contribution in [0.15, 0.2) is 30.6 Å². The molecule has 5 heteroatoms. The van der Waals surface area contributed by atoms with E-state index in [0.29, 0.717) is 17.1 Å². The summed E-state index contributed by atoms with van der Waals surface area (Å²) < 4.78 is 0. The zero-order valence-electron chi connectivity index (χ0n) is 7.75. The van der Waals surface area contributed by atoms with Gasteiger partial charge in [0.15, 0.2) is 11.5 Å². The minimum Gasteiger partial charge on any atom is -0.504 e. The van der Waals surface area contributed by atoms with Gasteiger partial charge in [-0.15, -0.1) is 0 Å². The molecule has 1 heterocycles. The molecule has 0 unspecified atom stereocenters. The SMILES string of the molecule is Nc1cnc(-c2ccc(O)c(O)c2)cn1. The molecule has 0 amide bonds. The van der Waals surface area contributed by atoms with Crippen LogP contribution in [-0.4, -0.2) is 20.2 Å². The lowest BCUT2D eigenvalue weighted by molar-refractivity contribution is 0.404. The van der Waals surface area contributed by atoms with E-state index in [-0.39, 0.29) is 11.5 Å². The van der Waals surface area contributed by atoms with Crippen LogP contribution in [0.25, 0.3) is 11.3 Å². The van der Waals surface area contributed by atoms with E-state index >= 15 is 0 Å². The zero-order chi connectivity index (χ0) is 10.8. The molecule has 1 aromatic heterocycles. The first-order valence-corrected chi connectivity index (χ1v) is 4.26. The fourth-order valence-electron chi connectivity index (χ4n) is 1.17. The van der Waals surface area contributed by atoms with E-state index in [9.17, 15) is 5.11 Å². The number of anilines is 1. The largest absolute Gasteiger partial charge is 0.504 e. The molecular weight excluding hydrogens is 194 g/mol. The van der Waals surface area contributed by atoms with E-state index in [1.165, 1.54) is 24.5 Å². The van der Waals surface area contributed by atoms with Crippen molar-refractivity contribution in [2.75, 3.05) is 5.73 Å². The average molecular weight is 203 g/mol. The maximum Gasteiger partial charge on any atom is 0.158 e. The first kappa shape index (κ1) is 9.26. The number of phenolic OH excluding ortho intramolecular Hbond substituents is 2. The highest BCUT2D eigenvalue weighted by atomic mass is 16.3. The van der Waals surface area contributed by atoms with Crippen molar-refractivity contribution >= 4 is 5.82 Å². The Bertz CT molecular complexity index is 483. The van der Waals surface area contributed by atoms with Crippen molar-refractivity contribution in [3.05, 3.63) is 30.6 Å². The Morgan fingerprint density at radius 3 is 2.40 bits per heavy atom. The van der Waals surface area contributed by atoms with Crippen molar-refractivity contribution in [1.82, 2.24) is 9.97 Å². The molecule has 2 aromatic rings. The average Bonchev–Trinajstić information content (AvgIpc) is 2.23. The number of hydrogen-bond donors (Lipinski definition) is 3. The van der Waals surface area contributed by atoms with E-state index in [4.69, 9.17) is 10.8 Å². The van der Waals surface area contributed by atoms with Gasteiger partial charge in [-0.3, -0.25) is 4.98 Å². The van der Waals surface area contributed by atoms with Crippen LogP contribution in [0.5, 0.6) is 11.5 Å². The third kappa shape index (κ3) is 1.80. The van der Waals surface area contributed by atoms with Gasteiger partial charge in [0.1, 0.15) is 5.82 Å². The zero-order valence-corrected chi connectivity index (χ0v) is 7.75. The Hall–Kier alpha value is -2.30. The van der Waals surface area contributed by atoms with Gasteiger partial charge in [-0.25, -0.2) is 4.98 Å². The summed E-state index contributed by atoms with van der Waals surface area (Å²) in [6.07, 6.45) is 2.93. The smallest absolute Gasteiger partial charge is 0.158 e. The molecule has 0 spiro atoms. The van der Waals surface area contributed by atoms with Crippen LogP contribution in [0.4, 0.5) is 5.82 Å². The summed E-state index contributed by atoms with van der Waals surface area (Å²) in [5.41, 5.74) is 6.64. The van der Waals surface area contributed by atoms with Crippen LogP contribution in [0.1, 0.15) is 0 Å². The maximum atomic E-state index is 9.29. The van der Waals surface area contributed by atoms with Crippen molar-refractivity contribution in [2.45, 2.75) is 0 Å². The summed E-state index contributed by atoms with van der Waals surface area (Å²) >= 11 is 0. The van der Waals surface area contributed by atoms with Gasteiger partial charge in [-0.2, -0.15) is 0 Å². The van der Waals surface area contributed by atoms with Gasteiger partial charge in [0.25, 0.3) is 0 Å². The number of hydrogen-bond acceptors (Lipinski definition) is 5. The second kappa shape index (κ2) is 3.45. The first-order valence-electron chi connectivity index (χ1n) is 4.26. The van der Waals surface area contributed by atoms with E-state index in [2.05, 4.69) is 9.97 Å². The highest BCUT2D eigenvalue weighted by Gasteiger charge is 2.04. The van der Waals surface area contributed by atoms with E-state index in [1.54, 1.807) is 6.07 Å². The number of nitrogens with two attached hydrogens (primary N) is 1. The number of phenols is 2. The van der Waals surface area contributed by atoms with Gasteiger partial charge in [-0.05, 0) is 18.2 Å². The predicted molar refractivity (Wildman–Crippen MR) is 55.2 cm³/mol. The number of aromatic nitrogens is 2. The third-order valence-electron chi connectivity index (χ3n) is 1.94. The molecule has 0 bridgehead atoms. The second-order valence-corrected chi connectivity index (χ2v) is 3.03. The number of nitrogens with zero attached hydrogens (tertiary/aromatic N) is 2. The Morgan fingerprint density at radius 1 is 1.00 bits per heavy atom. The number of rotatable bonds is 1. The van der Waals surface area contributed by atoms with Gasteiger partial charge in [-0.1, -0.05) is 0 Å². The van der Waals surface area contributed by atoms with Crippen molar-refractivity contribution < 1.29 is 10.2 Å². The molecule has 76 valence electrons. The van der Waals surface area contributed by atoms with Gasteiger partial charge >= 0.3 is 0 Å². The molecule has 0 aliphatic rings. The van der Waals surface area contributed by atoms with Crippen molar-refractivity contribution in [2.24, 2.45) is 0 Å². The number of benzene rings is 1. The summed E-state index contributed by atoms with van der Waals surface area (Å²) in [6.45, 7) is 0. The molecule has 4 N–H and O–H groups in total. The van der Waals surface area contributed by atoms with Crippen LogP contribution in [0.3, 0.4) is 0 Å². The summed E-state index contributed by atoms with van der Waals surface area (Å²) in [4.78, 5) is 7.92. The Kier molecular flexibility index (Phi) is 2.13. The van der Waals surface area contributed by atoms with Crippen molar-refractivity contribution in [3.8, 4) is 22.8 Å². The minimum absolute atomic E-state index is 0.165. The number of aromatic hydroxyl groups is 2. The topological polar surface area (TPSA) is 92.3 Å². The Labute approximate surface area is 85.9 Å². The monoisotopic (exact) mass is 203 g/mol. The first-order chi connectivity index (χ1) is 7.16. The molecule has 0 saturated heterocycles. The molecule has 5 nitrogen and oxygen atoms in total. The van der Waals surface area contributed by atoms with Crippen LogP contribution in [0.2, 0.25) is 0 Å². The van der Waals surface area contributed by atoms with Crippen LogP contribution >= 0.6 is 0 Å². The fraction of sp³-hybridized carbons (Fsp3) is 0. The molecule has 1 aromatic carbocycles. The highest BCUT2D eigenvalue weighted by molar-refractivity contribution is 5.63. The predicted octanol–water partition coefficient (Wildman–Crippen LogP) is 1.14. The molecular formula is C10H9N3O2. The maximum absolute atomic E-state index is 9.29. The summed E-state index contributed by atoms with van der Waals surface area (Å²) in [5, 5.41) is 18.4. The standard InChI is InChI=1S/C10H9N3O2/c11-10-5-12-7(4-13-10)6-1-2-8(14)9(15)3-6/h1-5,14-15H,(H2,11,13). The van der Waals surface area contributed by atoms with E-state index in [1.807, 2.05) is 0 Å². The molecule has 0 aliphatic carbocycles. The Balaban J connectivity index is 2.45. The second-order valence-electron chi connectivity index (χ2n) is 3.03. The molecule has 0 atom stereocenters. The normalized spacial score (nSPS) is 10.1. The van der Waals surface area contributed by atoms with Crippen LogP contribution in [0, 0.1) is 0 Å². The van der Waals surface area contributed by atoms with Crippen LogP contribution in [-0.2, 0) is 0 Å². The molecule has 2 rings (SSSR count). The molecule has 0 saturated carbocycles. The van der Waals surface area contributed by atoms with E-state index < -0.39 is 0 Å². The van der Waals surface area contributed by atoms with Gasteiger partial charge in [0.2, 0.25) is 0 Å². The van der Waals surface area contributed by atoms with Crippen molar-refractivity contribution in [3.63, 3.8) is 0 Å². The lowest BCUT2D eigenvalue weighted by Gasteiger charge is -2.02. The highest BCUT2D eigenvalue weighted by Crippen LogP contribution is 2.29.